The maximum atomic E-state index is 12.0. The first-order valence-electron chi connectivity index (χ1n) is 7.58. The van der Waals surface area contributed by atoms with Gasteiger partial charge in [-0.25, -0.2) is 0 Å². The summed E-state index contributed by atoms with van der Waals surface area (Å²) in [5, 5.41) is 3.40. The van der Waals surface area contributed by atoms with E-state index in [4.69, 9.17) is 25.8 Å². The summed E-state index contributed by atoms with van der Waals surface area (Å²) in [6.45, 7) is 0.322. The van der Waals surface area contributed by atoms with Crippen LogP contribution in [0.25, 0.3) is 6.08 Å². The first-order chi connectivity index (χ1) is 12.1. The molecule has 0 aliphatic carbocycles. The van der Waals surface area contributed by atoms with Crippen molar-refractivity contribution in [1.82, 2.24) is 5.32 Å². The minimum Gasteiger partial charge on any atom is -0.493 e. The van der Waals surface area contributed by atoms with Gasteiger partial charge in [-0.1, -0.05) is 29.8 Å². The maximum Gasteiger partial charge on any atom is 0.244 e. The van der Waals surface area contributed by atoms with Gasteiger partial charge in [0.15, 0.2) is 11.5 Å². The highest BCUT2D eigenvalue weighted by molar-refractivity contribution is 6.32. The van der Waals surface area contributed by atoms with Gasteiger partial charge in [0, 0.05) is 17.6 Å². The molecule has 0 radical (unpaired) electrons. The molecule has 2 aromatic rings. The molecule has 25 heavy (non-hydrogen) atoms. The Morgan fingerprint density at radius 3 is 2.28 bits per heavy atom. The molecule has 0 aromatic heterocycles. The molecule has 2 rings (SSSR count). The summed E-state index contributed by atoms with van der Waals surface area (Å²) >= 11 is 6.05. The molecule has 1 amide bonds. The highest BCUT2D eigenvalue weighted by Gasteiger charge is 2.13. The van der Waals surface area contributed by atoms with Crippen molar-refractivity contribution in [2.24, 2.45) is 0 Å². The summed E-state index contributed by atoms with van der Waals surface area (Å²) in [4.78, 5) is 12.0. The van der Waals surface area contributed by atoms with Crippen molar-refractivity contribution < 1.29 is 19.0 Å². The lowest BCUT2D eigenvalue weighted by Crippen LogP contribution is -2.20. The molecule has 2 aromatic carbocycles. The van der Waals surface area contributed by atoms with E-state index in [0.717, 1.165) is 11.1 Å². The Labute approximate surface area is 152 Å². The van der Waals surface area contributed by atoms with Crippen LogP contribution in [0.15, 0.2) is 42.5 Å². The number of hydrogen-bond acceptors (Lipinski definition) is 4. The van der Waals surface area contributed by atoms with Crippen LogP contribution in [0.1, 0.15) is 11.1 Å². The van der Waals surface area contributed by atoms with Crippen molar-refractivity contribution >= 4 is 23.6 Å². The van der Waals surface area contributed by atoms with Crippen molar-refractivity contribution in [2.75, 3.05) is 21.3 Å². The van der Waals surface area contributed by atoms with Crippen LogP contribution in [0.4, 0.5) is 0 Å². The van der Waals surface area contributed by atoms with Crippen LogP contribution in [0.2, 0.25) is 5.02 Å². The molecule has 0 saturated carbocycles. The van der Waals surface area contributed by atoms with E-state index in [0.29, 0.717) is 28.8 Å². The third-order valence-corrected chi connectivity index (χ3v) is 3.85. The average Bonchev–Trinajstić information content (AvgIpc) is 2.64. The molecule has 0 unspecified atom stereocenters. The van der Waals surface area contributed by atoms with E-state index in [1.807, 2.05) is 18.2 Å². The molecule has 0 fully saturated rings. The number of halogens is 1. The van der Waals surface area contributed by atoms with Crippen LogP contribution >= 0.6 is 11.6 Å². The van der Waals surface area contributed by atoms with Gasteiger partial charge >= 0.3 is 0 Å². The van der Waals surface area contributed by atoms with E-state index >= 15 is 0 Å². The summed E-state index contributed by atoms with van der Waals surface area (Å²) in [6.07, 6.45) is 3.12. The second-order valence-corrected chi connectivity index (χ2v) is 5.51. The molecule has 132 valence electrons. The van der Waals surface area contributed by atoms with Crippen LogP contribution in [-0.4, -0.2) is 27.2 Å². The zero-order chi connectivity index (χ0) is 18.2. The van der Waals surface area contributed by atoms with E-state index in [1.165, 1.54) is 6.08 Å². The molecule has 6 heteroatoms. The average molecular weight is 362 g/mol. The number of methoxy groups -OCH3 is 3. The van der Waals surface area contributed by atoms with Crippen molar-refractivity contribution in [3.05, 3.63) is 58.6 Å². The highest BCUT2D eigenvalue weighted by Crippen LogP contribution is 2.38. The zero-order valence-corrected chi connectivity index (χ0v) is 15.1. The fourth-order valence-corrected chi connectivity index (χ4v) is 2.46. The van der Waals surface area contributed by atoms with E-state index < -0.39 is 0 Å². The molecular weight excluding hydrogens is 342 g/mol. The second-order valence-electron chi connectivity index (χ2n) is 5.11. The van der Waals surface area contributed by atoms with E-state index in [2.05, 4.69) is 5.32 Å². The van der Waals surface area contributed by atoms with Gasteiger partial charge < -0.3 is 19.5 Å². The van der Waals surface area contributed by atoms with Crippen molar-refractivity contribution in [2.45, 2.75) is 6.54 Å². The summed E-state index contributed by atoms with van der Waals surface area (Å²) in [7, 11) is 4.64. The molecule has 5 nitrogen and oxygen atoms in total. The third kappa shape index (κ3) is 4.90. The van der Waals surface area contributed by atoms with Crippen LogP contribution < -0.4 is 19.5 Å². The monoisotopic (exact) mass is 361 g/mol. The van der Waals surface area contributed by atoms with Crippen LogP contribution in [0, 0.1) is 0 Å². The van der Waals surface area contributed by atoms with Gasteiger partial charge in [-0.3, -0.25) is 4.79 Å². The van der Waals surface area contributed by atoms with Crippen LogP contribution in [0.3, 0.4) is 0 Å². The molecule has 1 N–H and O–H groups in total. The molecular formula is C19H20ClNO4. The Hall–Kier alpha value is -2.66. The molecule has 0 aliphatic rings. The molecule has 0 atom stereocenters. The molecule has 0 heterocycles. The Morgan fingerprint density at radius 1 is 1.08 bits per heavy atom. The number of carbonyl (C=O) groups excluding carboxylic acids is 1. The first-order valence-corrected chi connectivity index (χ1v) is 7.96. The largest absolute Gasteiger partial charge is 0.493 e. The summed E-state index contributed by atoms with van der Waals surface area (Å²) in [5.74, 6) is 1.36. The van der Waals surface area contributed by atoms with E-state index in [1.54, 1.807) is 45.6 Å². The minimum atomic E-state index is -0.228. The van der Waals surface area contributed by atoms with Crippen LogP contribution in [0.5, 0.6) is 17.2 Å². The van der Waals surface area contributed by atoms with Gasteiger partial charge in [-0.15, -0.1) is 0 Å². The van der Waals surface area contributed by atoms with Gasteiger partial charge in [0.25, 0.3) is 0 Å². The van der Waals surface area contributed by atoms with Crippen molar-refractivity contribution in [3.63, 3.8) is 0 Å². The molecule has 0 saturated heterocycles. The van der Waals surface area contributed by atoms with Gasteiger partial charge in [-0.2, -0.15) is 0 Å². The molecule has 0 spiro atoms. The van der Waals surface area contributed by atoms with Crippen molar-refractivity contribution in [3.8, 4) is 17.2 Å². The Bertz CT molecular complexity index is 749. The van der Waals surface area contributed by atoms with E-state index in [-0.39, 0.29) is 5.91 Å². The predicted molar refractivity (Wildman–Crippen MR) is 98.4 cm³/mol. The zero-order valence-electron chi connectivity index (χ0n) is 14.3. The minimum absolute atomic E-state index is 0.228. The standard InChI is InChI=1S/C19H20ClNO4/c1-23-16-10-13(11-17(24-2)19(16)25-3)12-21-18(22)9-8-14-6-4-5-7-15(14)20/h4-11H,12H2,1-3H3,(H,21,22)/b9-8+. The topological polar surface area (TPSA) is 56.8 Å². The van der Waals surface area contributed by atoms with Crippen molar-refractivity contribution in [1.29, 1.82) is 0 Å². The van der Waals surface area contributed by atoms with Gasteiger partial charge in [0.1, 0.15) is 0 Å². The second kappa shape index (κ2) is 8.99. The third-order valence-electron chi connectivity index (χ3n) is 3.51. The van der Waals surface area contributed by atoms with Gasteiger partial charge in [0.05, 0.1) is 21.3 Å². The lowest BCUT2D eigenvalue weighted by Gasteiger charge is -2.14. The fraction of sp³-hybridized carbons (Fsp3) is 0.211. The van der Waals surface area contributed by atoms with E-state index in [9.17, 15) is 4.79 Å². The number of amides is 1. The number of nitrogens with one attached hydrogen (secondary N) is 1. The number of hydrogen-bond donors (Lipinski definition) is 1. The Kier molecular flexibility index (Phi) is 6.71. The summed E-state index contributed by atoms with van der Waals surface area (Å²) < 4.78 is 15.9. The first kappa shape index (κ1) is 18.7. The predicted octanol–water partition coefficient (Wildman–Crippen LogP) is 3.70. The SMILES string of the molecule is COc1cc(CNC(=O)/C=C/c2ccccc2Cl)cc(OC)c1OC. The number of benzene rings is 2. The fourth-order valence-electron chi connectivity index (χ4n) is 2.26. The summed E-state index contributed by atoms with van der Waals surface area (Å²) in [5.41, 5.74) is 1.61. The highest BCUT2D eigenvalue weighted by atomic mass is 35.5. The van der Waals surface area contributed by atoms with Gasteiger partial charge in [-0.05, 0) is 35.4 Å². The van der Waals surface area contributed by atoms with Gasteiger partial charge in [0.2, 0.25) is 11.7 Å². The Morgan fingerprint density at radius 2 is 1.72 bits per heavy atom. The van der Waals surface area contributed by atoms with Crippen LogP contribution in [-0.2, 0) is 11.3 Å². The normalized spacial score (nSPS) is 10.6. The lowest BCUT2D eigenvalue weighted by molar-refractivity contribution is -0.116. The quantitative estimate of drug-likeness (QED) is 0.764. The smallest absolute Gasteiger partial charge is 0.244 e. The molecule has 0 bridgehead atoms. The lowest BCUT2D eigenvalue weighted by atomic mass is 10.1. The maximum absolute atomic E-state index is 12.0. The summed E-state index contributed by atoms with van der Waals surface area (Å²) in [6, 6.07) is 10.9. The molecule has 0 aliphatic heterocycles. The number of carbonyl (C=O) groups is 1. The number of ether oxygens (including phenoxy) is 3. The Balaban J connectivity index is 2.05. The number of rotatable bonds is 7.